The Balaban J connectivity index is 0.000000346. The van der Waals surface area contributed by atoms with E-state index in [2.05, 4.69) is 16.7 Å². The van der Waals surface area contributed by atoms with E-state index >= 15 is 0 Å². The highest BCUT2D eigenvalue weighted by atomic mass is 16.4. The first kappa shape index (κ1) is 18.0. The van der Waals surface area contributed by atoms with E-state index in [0.717, 1.165) is 19.5 Å². The minimum absolute atomic E-state index is 0.0950. The number of carboxylic acids is 2. The zero-order valence-electron chi connectivity index (χ0n) is 12.7. The third-order valence-electron chi connectivity index (χ3n) is 3.56. The Kier molecular flexibility index (Phi) is 7.40. The molecule has 2 fully saturated rings. The molecule has 0 N–H and O–H groups in total. The van der Waals surface area contributed by atoms with Crippen LogP contribution in [-0.2, 0) is 14.4 Å². The van der Waals surface area contributed by atoms with Crippen molar-refractivity contribution >= 4 is 17.8 Å². The molecule has 0 aromatic heterocycles. The zero-order chi connectivity index (χ0) is 16.5. The zero-order valence-corrected chi connectivity index (χ0v) is 12.7. The summed E-state index contributed by atoms with van der Waals surface area (Å²) < 4.78 is 0. The molecule has 0 saturated carbocycles. The molecule has 7 heteroatoms. The molecular weight excluding hydrogens is 288 g/mol. The van der Waals surface area contributed by atoms with Crippen molar-refractivity contribution in [3.8, 4) is 11.8 Å². The number of carbonyl (C=O) groups excluding carboxylic acids is 3. The van der Waals surface area contributed by atoms with Crippen LogP contribution in [0.1, 0.15) is 32.6 Å². The highest BCUT2D eigenvalue weighted by Crippen LogP contribution is 2.12. The topological polar surface area (TPSA) is 104 Å². The number of likely N-dealkylation sites (tertiary alicyclic amines) is 2. The van der Waals surface area contributed by atoms with Gasteiger partial charge in [0.05, 0.1) is 24.5 Å². The summed E-state index contributed by atoms with van der Waals surface area (Å²) in [6, 6.07) is 0.0950. The van der Waals surface area contributed by atoms with Crippen molar-refractivity contribution in [2.24, 2.45) is 0 Å². The van der Waals surface area contributed by atoms with Gasteiger partial charge >= 0.3 is 0 Å². The van der Waals surface area contributed by atoms with Crippen molar-refractivity contribution in [2.75, 3.05) is 26.2 Å². The van der Waals surface area contributed by atoms with Crippen molar-refractivity contribution in [3.63, 3.8) is 0 Å². The van der Waals surface area contributed by atoms with Crippen LogP contribution in [0.4, 0.5) is 0 Å². The van der Waals surface area contributed by atoms with Gasteiger partial charge in [-0.1, -0.05) is 11.8 Å². The molecule has 22 heavy (non-hydrogen) atoms. The SMILES string of the molecule is C[C@@H](C#CCN1CCCC1)N1CCCC1=O.O=C([O-])C(=O)[O-]. The predicted octanol–water partition coefficient (Wildman–Crippen LogP) is -2.42. The van der Waals surface area contributed by atoms with Crippen LogP contribution < -0.4 is 10.2 Å². The second-order valence-corrected chi connectivity index (χ2v) is 5.25. The fourth-order valence-corrected chi connectivity index (χ4v) is 2.40. The van der Waals surface area contributed by atoms with Gasteiger partial charge in [0.25, 0.3) is 0 Å². The van der Waals surface area contributed by atoms with E-state index in [9.17, 15) is 4.79 Å². The van der Waals surface area contributed by atoms with E-state index in [1.54, 1.807) is 0 Å². The first-order valence-electron chi connectivity index (χ1n) is 7.34. The van der Waals surface area contributed by atoms with Gasteiger partial charge in [0.1, 0.15) is 0 Å². The molecule has 122 valence electrons. The monoisotopic (exact) mass is 308 g/mol. The highest BCUT2D eigenvalue weighted by Gasteiger charge is 2.23. The number of carboxylic acid groups (broad SMARTS) is 2. The van der Waals surface area contributed by atoms with Crippen LogP contribution in [0.15, 0.2) is 0 Å². The Morgan fingerprint density at radius 1 is 1.14 bits per heavy atom. The lowest BCUT2D eigenvalue weighted by molar-refractivity contribution is -0.345. The van der Waals surface area contributed by atoms with Crippen molar-refractivity contribution in [2.45, 2.75) is 38.6 Å². The molecule has 1 amide bonds. The molecule has 0 bridgehead atoms. The minimum atomic E-state index is -2.19. The molecule has 7 nitrogen and oxygen atoms in total. The number of hydrogen-bond acceptors (Lipinski definition) is 6. The quantitative estimate of drug-likeness (QED) is 0.415. The van der Waals surface area contributed by atoms with Crippen molar-refractivity contribution < 1.29 is 24.6 Å². The third kappa shape index (κ3) is 6.14. The number of amides is 1. The summed E-state index contributed by atoms with van der Waals surface area (Å²) in [5.41, 5.74) is 0. The molecule has 0 radical (unpaired) electrons. The fraction of sp³-hybridized carbons (Fsp3) is 0.667. The summed E-state index contributed by atoms with van der Waals surface area (Å²) in [5, 5.41) is 17.9. The lowest BCUT2D eigenvalue weighted by Crippen LogP contribution is -2.42. The number of carbonyl (C=O) groups is 3. The van der Waals surface area contributed by atoms with Gasteiger partial charge in [-0.05, 0) is 39.3 Å². The smallest absolute Gasteiger partial charge is 0.223 e. The van der Waals surface area contributed by atoms with Gasteiger partial charge in [0, 0.05) is 13.0 Å². The maximum absolute atomic E-state index is 11.5. The van der Waals surface area contributed by atoms with Crippen LogP contribution in [0.3, 0.4) is 0 Å². The summed E-state index contributed by atoms with van der Waals surface area (Å²) in [4.78, 5) is 33.6. The molecule has 1 atom stereocenters. The molecule has 2 saturated heterocycles. The molecule has 0 unspecified atom stereocenters. The van der Waals surface area contributed by atoms with Gasteiger partial charge in [0.15, 0.2) is 0 Å². The van der Waals surface area contributed by atoms with Gasteiger partial charge < -0.3 is 24.7 Å². The third-order valence-corrected chi connectivity index (χ3v) is 3.56. The van der Waals surface area contributed by atoms with Crippen LogP contribution >= 0.6 is 0 Å². The average molecular weight is 308 g/mol. The second-order valence-electron chi connectivity index (χ2n) is 5.25. The first-order valence-corrected chi connectivity index (χ1v) is 7.34. The number of hydrogen-bond donors (Lipinski definition) is 0. The lowest BCUT2D eigenvalue weighted by Gasteiger charge is -2.19. The summed E-state index contributed by atoms with van der Waals surface area (Å²) in [6.45, 7) is 6.16. The van der Waals surface area contributed by atoms with Gasteiger partial charge in [0.2, 0.25) is 5.91 Å². The molecule has 2 rings (SSSR count). The summed E-state index contributed by atoms with van der Waals surface area (Å²) in [6.07, 6.45) is 4.32. The number of nitrogens with zero attached hydrogens (tertiary/aromatic N) is 2. The normalized spacial score (nSPS) is 19.0. The largest absolute Gasteiger partial charge is 0.543 e. The second kappa shape index (κ2) is 9.05. The molecule has 2 aliphatic rings. The lowest BCUT2D eigenvalue weighted by atomic mass is 10.3. The van der Waals surface area contributed by atoms with Crippen molar-refractivity contribution in [1.82, 2.24) is 9.80 Å². The van der Waals surface area contributed by atoms with Gasteiger partial charge in [-0.25, -0.2) is 0 Å². The van der Waals surface area contributed by atoms with Gasteiger partial charge in [-0.15, -0.1) is 0 Å². The van der Waals surface area contributed by atoms with Crippen LogP contribution in [0, 0.1) is 11.8 Å². The summed E-state index contributed by atoms with van der Waals surface area (Å²) >= 11 is 0. The first-order chi connectivity index (χ1) is 10.4. The van der Waals surface area contributed by atoms with Crippen molar-refractivity contribution in [1.29, 1.82) is 0 Å². The van der Waals surface area contributed by atoms with Crippen LogP contribution in [0.25, 0.3) is 0 Å². The van der Waals surface area contributed by atoms with Crippen LogP contribution in [0.5, 0.6) is 0 Å². The van der Waals surface area contributed by atoms with Gasteiger partial charge in [-0.2, -0.15) is 0 Å². The molecule has 0 aromatic carbocycles. The fourth-order valence-electron chi connectivity index (χ4n) is 2.40. The Labute approximate surface area is 129 Å². The average Bonchev–Trinajstić information content (AvgIpc) is 3.10. The summed E-state index contributed by atoms with van der Waals surface area (Å²) in [7, 11) is 0. The van der Waals surface area contributed by atoms with E-state index in [1.807, 2.05) is 11.8 Å². The maximum Gasteiger partial charge on any atom is 0.223 e. The molecule has 0 aliphatic carbocycles. The van der Waals surface area contributed by atoms with E-state index in [1.165, 1.54) is 25.9 Å². The van der Waals surface area contributed by atoms with Crippen molar-refractivity contribution in [3.05, 3.63) is 0 Å². The van der Waals surface area contributed by atoms with E-state index in [4.69, 9.17) is 19.8 Å². The van der Waals surface area contributed by atoms with E-state index in [-0.39, 0.29) is 11.9 Å². The number of rotatable bonds is 2. The molecular formula is C15H20N2O5-2. The van der Waals surface area contributed by atoms with E-state index < -0.39 is 11.9 Å². The summed E-state index contributed by atoms with van der Waals surface area (Å²) in [5.74, 6) is 2.30. The molecule has 2 heterocycles. The Hall–Kier alpha value is -2.07. The molecule has 2 aliphatic heterocycles. The Morgan fingerprint density at radius 2 is 1.73 bits per heavy atom. The van der Waals surface area contributed by atoms with E-state index in [0.29, 0.717) is 6.42 Å². The molecule has 0 spiro atoms. The minimum Gasteiger partial charge on any atom is -0.543 e. The predicted molar refractivity (Wildman–Crippen MR) is 73.9 cm³/mol. The van der Waals surface area contributed by atoms with Crippen LogP contribution in [0.2, 0.25) is 0 Å². The molecule has 0 aromatic rings. The van der Waals surface area contributed by atoms with Gasteiger partial charge in [-0.3, -0.25) is 9.69 Å². The standard InChI is InChI=1S/C13H20N2O.C2H2O4/c1-12(15-11-5-7-13(15)16)6-4-10-14-8-2-3-9-14;3-1(4)2(5)6/h12H,2-3,5,7-11H2,1H3;(H,3,4)(H,5,6)/p-2/t12-;/m0./s1. The maximum atomic E-state index is 11.5. The number of aliphatic carboxylic acids is 2. The Morgan fingerprint density at radius 3 is 2.18 bits per heavy atom. The Bertz CT molecular complexity index is 462. The highest BCUT2D eigenvalue weighted by molar-refractivity contribution is 6.25. The van der Waals surface area contributed by atoms with Crippen LogP contribution in [-0.4, -0.2) is 59.9 Å².